The van der Waals surface area contributed by atoms with Crippen LogP contribution in [0, 0.1) is 5.82 Å². The number of carbonyl (C=O) groups is 3. The van der Waals surface area contributed by atoms with Gasteiger partial charge in [-0.15, -0.1) is 0 Å². The van der Waals surface area contributed by atoms with Crippen LogP contribution in [0.1, 0.15) is 24.2 Å². The van der Waals surface area contributed by atoms with E-state index in [1.165, 1.54) is 13.8 Å². The van der Waals surface area contributed by atoms with Gasteiger partial charge in [-0.3, -0.25) is 4.79 Å². The summed E-state index contributed by atoms with van der Waals surface area (Å²) in [6.07, 6.45) is 0. The maximum atomic E-state index is 13.5. The number of rotatable bonds is 6. The summed E-state index contributed by atoms with van der Waals surface area (Å²) in [5.41, 5.74) is -0.285. The fraction of sp³-hybridized carbons (Fsp3) is 0.357. The molecule has 1 N–H and O–H groups in total. The molecule has 6 nitrogen and oxygen atoms in total. The second-order valence-corrected chi connectivity index (χ2v) is 4.97. The van der Waals surface area contributed by atoms with E-state index >= 15 is 0 Å². The Kier molecular flexibility index (Phi) is 7.25. The Morgan fingerprint density at radius 3 is 2.09 bits per heavy atom. The van der Waals surface area contributed by atoms with Crippen LogP contribution in [-0.4, -0.2) is 37.1 Å². The van der Waals surface area contributed by atoms with Gasteiger partial charge in [0, 0.05) is 0 Å². The fourth-order valence-electron chi connectivity index (χ4n) is 1.57. The Bertz CT molecular complexity index is 605. The number of hydrogen-bond acceptors (Lipinski definition) is 5. The predicted molar refractivity (Wildman–Crippen MR) is 80.9 cm³/mol. The smallest absolute Gasteiger partial charge is 0.340 e. The van der Waals surface area contributed by atoms with E-state index in [1.807, 2.05) is 0 Å². The highest BCUT2D eigenvalue weighted by atomic mass is 35.5. The molecule has 1 aromatic carbocycles. The molecule has 1 rings (SSSR count). The van der Waals surface area contributed by atoms with Crippen LogP contribution in [0.3, 0.4) is 0 Å². The highest BCUT2D eigenvalue weighted by molar-refractivity contribution is 6.36. The lowest BCUT2D eigenvalue weighted by Gasteiger charge is -2.16. The van der Waals surface area contributed by atoms with Crippen molar-refractivity contribution in [3.05, 3.63) is 33.6 Å². The zero-order valence-corrected chi connectivity index (χ0v) is 13.8. The van der Waals surface area contributed by atoms with E-state index in [9.17, 15) is 18.8 Å². The standard InChI is InChI=1S/C14H14Cl2FNO5/c1-3-22-13(20)11(14(21)23-4-2)18-12(19)7-5-10(17)9(16)6-8(7)15/h5-6,11H,3-4H2,1-2H3,(H,18,19). The summed E-state index contributed by atoms with van der Waals surface area (Å²) in [6, 6.07) is 0.155. The quantitative estimate of drug-likeness (QED) is 0.475. The van der Waals surface area contributed by atoms with Gasteiger partial charge in [0.2, 0.25) is 6.04 Å². The second kappa shape index (κ2) is 8.69. The fourth-order valence-corrected chi connectivity index (χ4v) is 2.04. The first-order valence-corrected chi connectivity index (χ1v) is 7.36. The van der Waals surface area contributed by atoms with Crippen LogP contribution in [0.5, 0.6) is 0 Å². The number of esters is 2. The molecule has 0 aromatic heterocycles. The van der Waals surface area contributed by atoms with Gasteiger partial charge in [0.1, 0.15) is 5.82 Å². The third-order valence-electron chi connectivity index (χ3n) is 2.57. The lowest BCUT2D eigenvalue weighted by atomic mass is 10.2. The molecule has 1 amide bonds. The summed E-state index contributed by atoms with van der Waals surface area (Å²) < 4.78 is 22.9. The Morgan fingerprint density at radius 1 is 1.09 bits per heavy atom. The molecule has 0 spiro atoms. The molecular formula is C14H14Cl2FNO5. The minimum absolute atomic E-state index is 0.000931. The maximum Gasteiger partial charge on any atom is 0.340 e. The van der Waals surface area contributed by atoms with Crippen LogP contribution in [0.25, 0.3) is 0 Å². The molecule has 9 heteroatoms. The molecule has 0 saturated carbocycles. The first kappa shape index (κ1) is 19.2. The van der Waals surface area contributed by atoms with Gasteiger partial charge in [0.25, 0.3) is 5.91 Å². The monoisotopic (exact) mass is 365 g/mol. The van der Waals surface area contributed by atoms with Crippen molar-refractivity contribution in [2.75, 3.05) is 13.2 Å². The molecule has 0 saturated heterocycles. The van der Waals surface area contributed by atoms with Gasteiger partial charge < -0.3 is 14.8 Å². The Hall–Kier alpha value is -1.86. The van der Waals surface area contributed by atoms with Gasteiger partial charge in [-0.2, -0.15) is 0 Å². The summed E-state index contributed by atoms with van der Waals surface area (Å²) in [5.74, 6) is -3.81. The summed E-state index contributed by atoms with van der Waals surface area (Å²) >= 11 is 11.4. The summed E-state index contributed by atoms with van der Waals surface area (Å²) in [7, 11) is 0. The average molecular weight is 366 g/mol. The van der Waals surface area contributed by atoms with Crippen LogP contribution in [0.2, 0.25) is 10.0 Å². The van der Waals surface area contributed by atoms with E-state index in [-0.39, 0.29) is 28.8 Å². The number of nitrogens with one attached hydrogen (secondary N) is 1. The van der Waals surface area contributed by atoms with Crippen molar-refractivity contribution in [2.45, 2.75) is 19.9 Å². The van der Waals surface area contributed by atoms with Crippen LogP contribution < -0.4 is 5.32 Å². The molecule has 0 fully saturated rings. The van der Waals surface area contributed by atoms with E-state index in [4.69, 9.17) is 32.7 Å². The van der Waals surface area contributed by atoms with Crippen LogP contribution in [-0.2, 0) is 19.1 Å². The number of ether oxygens (including phenoxy) is 2. The molecule has 0 unspecified atom stereocenters. The molecule has 0 radical (unpaired) electrons. The van der Waals surface area contributed by atoms with Gasteiger partial charge >= 0.3 is 11.9 Å². The lowest BCUT2D eigenvalue weighted by molar-refractivity contribution is -0.157. The third-order valence-corrected chi connectivity index (χ3v) is 3.18. The second-order valence-electron chi connectivity index (χ2n) is 4.16. The number of carbonyl (C=O) groups excluding carboxylic acids is 3. The number of benzene rings is 1. The Morgan fingerprint density at radius 2 is 1.61 bits per heavy atom. The highest BCUT2D eigenvalue weighted by Crippen LogP contribution is 2.24. The summed E-state index contributed by atoms with van der Waals surface area (Å²) in [4.78, 5) is 35.7. The maximum absolute atomic E-state index is 13.5. The molecule has 0 aliphatic rings. The molecule has 1 aromatic rings. The third kappa shape index (κ3) is 5.07. The van der Waals surface area contributed by atoms with E-state index in [0.717, 1.165) is 12.1 Å². The Balaban J connectivity index is 3.03. The molecule has 126 valence electrons. The van der Waals surface area contributed by atoms with Gasteiger partial charge in [-0.25, -0.2) is 14.0 Å². The predicted octanol–water partition coefficient (Wildman–Crippen LogP) is 2.36. The van der Waals surface area contributed by atoms with Crippen molar-refractivity contribution in [1.29, 1.82) is 0 Å². The van der Waals surface area contributed by atoms with Crippen molar-refractivity contribution < 1.29 is 28.2 Å². The van der Waals surface area contributed by atoms with Gasteiger partial charge in [0.15, 0.2) is 0 Å². The molecule has 0 bridgehead atoms. The van der Waals surface area contributed by atoms with E-state index in [2.05, 4.69) is 5.32 Å². The van der Waals surface area contributed by atoms with E-state index in [0.29, 0.717) is 0 Å². The van der Waals surface area contributed by atoms with E-state index < -0.39 is 29.7 Å². The minimum atomic E-state index is -1.68. The van der Waals surface area contributed by atoms with Crippen molar-refractivity contribution in [3.63, 3.8) is 0 Å². The Labute approximate surface area is 141 Å². The van der Waals surface area contributed by atoms with Gasteiger partial charge in [0.05, 0.1) is 28.8 Å². The number of halogens is 3. The van der Waals surface area contributed by atoms with Crippen molar-refractivity contribution >= 4 is 41.0 Å². The number of hydrogen-bond donors (Lipinski definition) is 1. The van der Waals surface area contributed by atoms with Gasteiger partial charge in [-0.1, -0.05) is 23.2 Å². The molecule has 0 heterocycles. The van der Waals surface area contributed by atoms with Crippen molar-refractivity contribution in [2.24, 2.45) is 0 Å². The first-order chi connectivity index (χ1) is 10.8. The van der Waals surface area contributed by atoms with E-state index in [1.54, 1.807) is 0 Å². The zero-order chi connectivity index (χ0) is 17.6. The molecule has 0 aliphatic carbocycles. The minimum Gasteiger partial charge on any atom is -0.464 e. The SMILES string of the molecule is CCOC(=O)C(NC(=O)c1cc(F)c(Cl)cc1Cl)C(=O)OCC. The van der Waals surface area contributed by atoms with Crippen LogP contribution in [0.15, 0.2) is 12.1 Å². The highest BCUT2D eigenvalue weighted by Gasteiger charge is 2.32. The van der Waals surface area contributed by atoms with Crippen molar-refractivity contribution in [3.8, 4) is 0 Å². The molecule has 0 atom stereocenters. The van der Waals surface area contributed by atoms with Crippen molar-refractivity contribution in [1.82, 2.24) is 5.32 Å². The largest absolute Gasteiger partial charge is 0.464 e. The normalized spacial score (nSPS) is 10.3. The topological polar surface area (TPSA) is 81.7 Å². The average Bonchev–Trinajstić information content (AvgIpc) is 2.48. The summed E-state index contributed by atoms with van der Waals surface area (Å²) in [5, 5.41) is 1.70. The van der Waals surface area contributed by atoms with Crippen LogP contribution >= 0.6 is 23.2 Å². The van der Waals surface area contributed by atoms with Gasteiger partial charge in [-0.05, 0) is 26.0 Å². The molecule has 0 aliphatic heterocycles. The molecule has 23 heavy (non-hydrogen) atoms. The number of amides is 1. The van der Waals surface area contributed by atoms with Crippen LogP contribution in [0.4, 0.5) is 4.39 Å². The molecular weight excluding hydrogens is 352 g/mol. The zero-order valence-electron chi connectivity index (χ0n) is 12.3. The first-order valence-electron chi connectivity index (χ1n) is 6.60. The summed E-state index contributed by atoms with van der Waals surface area (Å²) in [6.45, 7) is 3.07. The lowest BCUT2D eigenvalue weighted by Crippen LogP contribution is -2.48.